The second-order valence-corrected chi connectivity index (χ2v) is 6.47. The van der Waals surface area contributed by atoms with Gasteiger partial charge in [0.05, 0.1) is 6.42 Å². The molecule has 1 saturated carbocycles. The van der Waals surface area contributed by atoms with Crippen LogP contribution in [0.4, 0.5) is 0 Å². The van der Waals surface area contributed by atoms with Gasteiger partial charge in [-0.1, -0.05) is 41.0 Å². The first-order chi connectivity index (χ1) is 8.14. The SMILES string of the molecule is CCCC(CC(=O)O)NC(=O)C1C(C)(C)C1(C)C. The van der Waals surface area contributed by atoms with Crippen LogP contribution in [-0.2, 0) is 9.59 Å². The highest BCUT2D eigenvalue weighted by atomic mass is 16.4. The van der Waals surface area contributed by atoms with Crippen molar-refractivity contribution in [3.05, 3.63) is 0 Å². The van der Waals surface area contributed by atoms with Gasteiger partial charge in [-0.15, -0.1) is 0 Å². The number of hydrogen-bond acceptors (Lipinski definition) is 2. The minimum Gasteiger partial charge on any atom is -0.481 e. The third-order valence-electron chi connectivity index (χ3n) is 4.69. The molecule has 1 amide bonds. The van der Waals surface area contributed by atoms with Crippen molar-refractivity contribution in [3.63, 3.8) is 0 Å². The quantitative estimate of drug-likeness (QED) is 0.766. The van der Waals surface area contributed by atoms with Gasteiger partial charge in [0.25, 0.3) is 0 Å². The Hall–Kier alpha value is -1.06. The van der Waals surface area contributed by atoms with Crippen molar-refractivity contribution in [1.29, 1.82) is 0 Å². The molecular weight excluding hydrogens is 230 g/mol. The Morgan fingerprint density at radius 1 is 1.22 bits per heavy atom. The fourth-order valence-electron chi connectivity index (χ4n) is 2.92. The molecule has 1 aliphatic carbocycles. The second-order valence-electron chi connectivity index (χ2n) is 6.47. The highest BCUT2D eigenvalue weighted by Gasteiger charge is 2.68. The van der Waals surface area contributed by atoms with Gasteiger partial charge < -0.3 is 10.4 Å². The van der Waals surface area contributed by atoms with Crippen molar-refractivity contribution in [3.8, 4) is 0 Å². The Kier molecular flexibility index (Phi) is 4.08. The standard InChI is InChI=1S/C14H25NO3/c1-6-7-9(8-10(16)17)15-12(18)11-13(2,3)14(11,4)5/h9,11H,6-8H2,1-5H3,(H,15,18)(H,16,17). The highest BCUT2D eigenvalue weighted by molar-refractivity contribution is 5.84. The van der Waals surface area contributed by atoms with Gasteiger partial charge in [0.15, 0.2) is 0 Å². The topological polar surface area (TPSA) is 66.4 Å². The molecule has 104 valence electrons. The number of hydrogen-bond donors (Lipinski definition) is 2. The van der Waals surface area contributed by atoms with E-state index in [0.717, 1.165) is 6.42 Å². The van der Waals surface area contributed by atoms with Gasteiger partial charge in [-0.2, -0.15) is 0 Å². The van der Waals surface area contributed by atoms with Crippen LogP contribution in [0.5, 0.6) is 0 Å². The highest BCUT2D eigenvalue weighted by Crippen LogP contribution is 2.68. The predicted molar refractivity (Wildman–Crippen MR) is 70.1 cm³/mol. The minimum absolute atomic E-state index is 0.00291. The van der Waals surface area contributed by atoms with E-state index in [9.17, 15) is 9.59 Å². The molecule has 0 bridgehead atoms. The lowest BCUT2D eigenvalue weighted by Gasteiger charge is -2.16. The van der Waals surface area contributed by atoms with Crippen LogP contribution in [0.15, 0.2) is 0 Å². The maximum absolute atomic E-state index is 12.2. The Labute approximate surface area is 109 Å². The molecule has 1 atom stereocenters. The molecule has 0 heterocycles. The van der Waals surface area contributed by atoms with Crippen molar-refractivity contribution < 1.29 is 14.7 Å². The average molecular weight is 255 g/mol. The number of carbonyl (C=O) groups excluding carboxylic acids is 1. The van der Waals surface area contributed by atoms with Gasteiger partial charge in [0, 0.05) is 12.0 Å². The number of carbonyl (C=O) groups is 2. The largest absolute Gasteiger partial charge is 0.481 e. The van der Waals surface area contributed by atoms with Gasteiger partial charge in [0.1, 0.15) is 0 Å². The third kappa shape index (κ3) is 2.68. The molecule has 4 heteroatoms. The van der Waals surface area contributed by atoms with Gasteiger partial charge in [-0.3, -0.25) is 9.59 Å². The molecule has 0 saturated heterocycles. The molecule has 0 aromatic rings. The van der Waals surface area contributed by atoms with Crippen LogP contribution in [0.3, 0.4) is 0 Å². The fraction of sp³-hybridized carbons (Fsp3) is 0.857. The van der Waals surface area contributed by atoms with Crippen LogP contribution in [0.1, 0.15) is 53.9 Å². The Morgan fingerprint density at radius 3 is 2.06 bits per heavy atom. The first kappa shape index (κ1) is 15.0. The lowest BCUT2D eigenvalue weighted by molar-refractivity contribution is -0.137. The number of rotatable bonds is 6. The predicted octanol–water partition coefficient (Wildman–Crippen LogP) is 2.43. The average Bonchev–Trinajstić information content (AvgIpc) is 2.55. The number of amides is 1. The van der Waals surface area contributed by atoms with Crippen LogP contribution < -0.4 is 5.32 Å². The van der Waals surface area contributed by atoms with E-state index in [1.54, 1.807) is 0 Å². The molecular formula is C14H25NO3. The van der Waals surface area contributed by atoms with E-state index in [4.69, 9.17) is 5.11 Å². The molecule has 4 nitrogen and oxygen atoms in total. The first-order valence-electron chi connectivity index (χ1n) is 6.66. The second kappa shape index (κ2) is 4.90. The van der Waals surface area contributed by atoms with Crippen molar-refractivity contribution in [2.75, 3.05) is 0 Å². The summed E-state index contributed by atoms with van der Waals surface area (Å²) < 4.78 is 0. The zero-order valence-corrected chi connectivity index (χ0v) is 12.0. The molecule has 0 spiro atoms. The molecule has 0 aromatic heterocycles. The van der Waals surface area contributed by atoms with E-state index in [1.165, 1.54) is 0 Å². The number of aliphatic carboxylic acids is 1. The molecule has 1 aliphatic rings. The third-order valence-corrected chi connectivity index (χ3v) is 4.69. The maximum Gasteiger partial charge on any atom is 0.305 e. The summed E-state index contributed by atoms with van der Waals surface area (Å²) in [4.78, 5) is 23.0. The van der Waals surface area contributed by atoms with E-state index in [1.807, 2.05) is 6.92 Å². The summed E-state index contributed by atoms with van der Waals surface area (Å²) in [5.74, 6) is -0.870. The van der Waals surface area contributed by atoms with Crippen LogP contribution >= 0.6 is 0 Å². The summed E-state index contributed by atoms with van der Waals surface area (Å²) in [6.45, 7) is 10.3. The fourth-order valence-corrected chi connectivity index (χ4v) is 2.92. The number of carboxylic acids is 1. The Morgan fingerprint density at radius 2 is 1.72 bits per heavy atom. The summed E-state index contributed by atoms with van der Waals surface area (Å²) >= 11 is 0. The summed E-state index contributed by atoms with van der Waals surface area (Å²) in [6, 6.07) is -0.243. The monoisotopic (exact) mass is 255 g/mol. The van der Waals surface area contributed by atoms with E-state index in [-0.39, 0.29) is 35.1 Å². The van der Waals surface area contributed by atoms with Crippen molar-refractivity contribution in [2.45, 2.75) is 59.9 Å². The molecule has 1 rings (SSSR count). The lowest BCUT2D eigenvalue weighted by atomic mass is 10.0. The van der Waals surface area contributed by atoms with Gasteiger partial charge in [-0.05, 0) is 17.3 Å². The Bertz CT molecular complexity index is 333. The number of nitrogens with one attached hydrogen (secondary N) is 1. The molecule has 0 radical (unpaired) electrons. The van der Waals surface area contributed by atoms with E-state index < -0.39 is 5.97 Å². The smallest absolute Gasteiger partial charge is 0.305 e. The first-order valence-corrected chi connectivity index (χ1v) is 6.66. The van der Waals surface area contributed by atoms with Crippen LogP contribution in [0.25, 0.3) is 0 Å². The van der Waals surface area contributed by atoms with Gasteiger partial charge >= 0.3 is 5.97 Å². The van der Waals surface area contributed by atoms with Crippen LogP contribution in [0.2, 0.25) is 0 Å². The molecule has 18 heavy (non-hydrogen) atoms. The van der Waals surface area contributed by atoms with E-state index in [0.29, 0.717) is 6.42 Å². The normalized spacial score (nSPS) is 22.3. The Balaban J connectivity index is 2.61. The molecule has 0 aliphatic heterocycles. The van der Waals surface area contributed by atoms with E-state index in [2.05, 4.69) is 33.0 Å². The molecule has 0 aromatic carbocycles. The minimum atomic E-state index is -0.858. The number of carboxylic acid groups (broad SMARTS) is 1. The van der Waals surface area contributed by atoms with E-state index >= 15 is 0 Å². The molecule has 1 unspecified atom stereocenters. The lowest BCUT2D eigenvalue weighted by Crippen LogP contribution is -2.38. The van der Waals surface area contributed by atoms with Crippen LogP contribution in [-0.4, -0.2) is 23.0 Å². The van der Waals surface area contributed by atoms with Crippen LogP contribution in [0, 0.1) is 16.7 Å². The summed E-state index contributed by atoms with van der Waals surface area (Å²) in [5, 5.41) is 11.7. The van der Waals surface area contributed by atoms with Gasteiger partial charge in [-0.25, -0.2) is 0 Å². The maximum atomic E-state index is 12.2. The zero-order valence-electron chi connectivity index (χ0n) is 12.0. The van der Waals surface area contributed by atoms with Gasteiger partial charge in [0.2, 0.25) is 5.91 Å². The van der Waals surface area contributed by atoms with Crippen molar-refractivity contribution >= 4 is 11.9 Å². The summed E-state index contributed by atoms with van der Waals surface area (Å²) in [7, 11) is 0. The zero-order chi connectivity index (χ0) is 14.1. The summed E-state index contributed by atoms with van der Waals surface area (Å²) in [6.07, 6.45) is 1.59. The van der Waals surface area contributed by atoms with Crippen molar-refractivity contribution in [1.82, 2.24) is 5.32 Å². The molecule has 2 N–H and O–H groups in total. The summed E-state index contributed by atoms with van der Waals surface area (Å²) in [5.41, 5.74) is -0.00581. The molecule has 1 fully saturated rings. The van der Waals surface area contributed by atoms with Crippen molar-refractivity contribution in [2.24, 2.45) is 16.7 Å².